The maximum absolute atomic E-state index is 13.2. The first-order valence-electron chi connectivity index (χ1n) is 13.0. The Morgan fingerprint density at radius 1 is 0.816 bits per heavy atom. The summed E-state index contributed by atoms with van der Waals surface area (Å²) in [6, 6.07) is 16.0. The van der Waals surface area contributed by atoms with E-state index >= 15 is 0 Å². The van der Waals surface area contributed by atoms with Gasteiger partial charge in [0.1, 0.15) is 0 Å². The monoisotopic (exact) mass is 582 g/mol. The van der Waals surface area contributed by atoms with Crippen LogP contribution >= 0.6 is 0 Å². The standard InChI is InChI=1S/C28H42O7S2Si/c1-7-34-27(29)24(20-35-38(5,6)28(2,3)4)19-18-23(21-36(30,31)25-14-10-8-11-15-25)22-37(32,33)26-16-12-9-13-17-26/h8-17,23-24H,7,18-22H2,1-6H3. The van der Waals surface area contributed by atoms with E-state index in [-0.39, 0.29) is 52.4 Å². The van der Waals surface area contributed by atoms with Crippen molar-refractivity contribution in [2.24, 2.45) is 11.8 Å². The summed E-state index contributed by atoms with van der Waals surface area (Å²) >= 11 is 0. The van der Waals surface area contributed by atoms with Crippen LogP contribution in [0.3, 0.4) is 0 Å². The van der Waals surface area contributed by atoms with Gasteiger partial charge in [-0.15, -0.1) is 0 Å². The Kier molecular flexibility index (Phi) is 11.3. The Hall–Kier alpha value is -2.01. The largest absolute Gasteiger partial charge is 0.466 e. The molecule has 0 spiro atoms. The van der Waals surface area contributed by atoms with Gasteiger partial charge in [0.05, 0.1) is 33.8 Å². The molecule has 0 radical (unpaired) electrons. The number of rotatable bonds is 14. The Morgan fingerprint density at radius 3 is 1.66 bits per heavy atom. The van der Waals surface area contributed by atoms with E-state index in [0.29, 0.717) is 0 Å². The molecule has 0 amide bonds. The quantitative estimate of drug-likeness (QED) is 0.213. The van der Waals surface area contributed by atoms with Crippen LogP contribution in [0.1, 0.15) is 40.5 Å². The lowest BCUT2D eigenvalue weighted by Gasteiger charge is -2.37. The first-order valence-corrected chi connectivity index (χ1v) is 19.2. The fourth-order valence-electron chi connectivity index (χ4n) is 3.78. The second-order valence-corrected chi connectivity index (χ2v) is 20.0. The minimum Gasteiger partial charge on any atom is -0.466 e. The van der Waals surface area contributed by atoms with Crippen LogP contribution in [0.25, 0.3) is 0 Å². The van der Waals surface area contributed by atoms with E-state index in [2.05, 4.69) is 33.9 Å². The molecular weight excluding hydrogens is 541 g/mol. The van der Waals surface area contributed by atoms with Crippen LogP contribution in [0.5, 0.6) is 0 Å². The van der Waals surface area contributed by atoms with Gasteiger partial charge in [0.25, 0.3) is 0 Å². The molecular formula is C28H42O7S2Si. The number of carbonyl (C=O) groups is 1. The third-order valence-corrected chi connectivity index (χ3v) is 15.4. The van der Waals surface area contributed by atoms with Crippen molar-refractivity contribution in [1.29, 1.82) is 0 Å². The molecule has 0 fully saturated rings. The van der Waals surface area contributed by atoms with Crippen molar-refractivity contribution in [2.45, 2.75) is 68.5 Å². The number of ether oxygens (including phenoxy) is 1. The van der Waals surface area contributed by atoms with Crippen molar-refractivity contribution in [3.63, 3.8) is 0 Å². The molecule has 0 aliphatic rings. The third-order valence-electron chi connectivity index (χ3n) is 7.11. The van der Waals surface area contributed by atoms with Crippen LogP contribution in [-0.2, 0) is 33.6 Å². The van der Waals surface area contributed by atoms with Crippen molar-refractivity contribution in [3.8, 4) is 0 Å². The van der Waals surface area contributed by atoms with Gasteiger partial charge < -0.3 is 9.16 Å². The first-order chi connectivity index (χ1) is 17.6. The van der Waals surface area contributed by atoms with E-state index in [1.165, 1.54) is 24.3 Å². The molecule has 212 valence electrons. The molecule has 2 rings (SSSR count). The van der Waals surface area contributed by atoms with Crippen molar-refractivity contribution >= 4 is 34.0 Å². The second-order valence-electron chi connectivity index (χ2n) is 11.2. The van der Waals surface area contributed by atoms with E-state index in [0.717, 1.165) is 0 Å². The molecule has 38 heavy (non-hydrogen) atoms. The zero-order valence-corrected chi connectivity index (χ0v) is 26.0. The number of hydrogen-bond donors (Lipinski definition) is 0. The Morgan fingerprint density at radius 2 is 1.26 bits per heavy atom. The molecule has 0 aliphatic heterocycles. The van der Waals surface area contributed by atoms with Crippen molar-refractivity contribution in [1.82, 2.24) is 0 Å². The van der Waals surface area contributed by atoms with Gasteiger partial charge in [-0.2, -0.15) is 0 Å². The Labute approximate surface area is 229 Å². The highest BCUT2D eigenvalue weighted by Gasteiger charge is 2.38. The molecule has 0 saturated heterocycles. The fraction of sp³-hybridized carbons (Fsp3) is 0.536. The lowest BCUT2D eigenvalue weighted by Crippen LogP contribution is -2.43. The summed E-state index contributed by atoms with van der Waals surface area (Å²) in [5.41, 5.74) is 0. The maximum Gasteiger partial charge on any atom is 0.311 e. The van der Waals surface area contributed by atoms with Gasteiger partial charge in [0.2, 0.25) is 0 Å². The van der Waals surface area contributed by atoms with E-state index in [4.69, 9.17) is 9.16 Å². The van der Waals surface area contributed by atoms with Crippen LogP contribution in [0.2, 0.25) is 18.1 Å². The van der Waals surface area contributed by atoms with Gasteiger partial charge in [0.15, 0.2) is 28.0 Å². The van der Waals surface area contributed by atoms with Crippen molar-refractivity contribution in [3.05, 3.63) is 60.7 Å². The molecule has 7 nitrogen and oxygen atoms in total. The number of benzene rings is 2. The molecule has 1 atom stereocenters. The van der Waals surface area contributed by atoms with Crippen molar-refractivity contribution < 1.29 is 30.8 Å². The van der Waals surface area contributed by atoms with Crippen LogP contribution in [0.15, 0.2) is 70.5 Å². The smallest absolute Gasteiger partial charge is 0.311 e. The van der Waals surface area contributed by atoms with Gasteiger partial charge in [-0.1, -0.05) is 57.2 Å². The van der Waals surface area contributed by atoms with Gasteiger partial charge in [0, 0.05) is 6.61 Å². The van der Waals surface area contributed by atoms with E-state index in [1.54, 1.807) is 43.3 Å². The molecule has 0 bridgehead atoms. The van der Waals surface area contributed by atoms with Crippen LogP contribution < -0.4 is 0 Å². The van der Waals surface area contributed by atoms with Crippen molar-refractivity contribution in [2.75, 3.05) is 24.7 Å². The summed E-state index contributed by atoms with van der Waals surface area (Å²) in [6.45, 7) is 12.6. The summed E-state index contributed by atoms with van der Waals surface area (Å²) < 4.78 is 64.4. The minimum atomic E-state index is -3.75. The molecule has 0 saturated carbocycles. The van der Waals surface area contributed by atoms with Gasteiger partial charge >= 0.3 is 5.97 Å². The highest BCUT2D eigenvalue weighted by molar-refractivity contribution is 7.92. The minimum absolute atomic E-state index is 0.0533. The maximum atomic E-state index is 13.2. The van der Waals surface area contributed by atoms with Crippen LogP contribution in [-0.4, -0.2) is 55.8 Å². The lowest BCUT2D eigenvalue weighted by atomic mass is 9.98. The summed E-state index contributed by atoms with van der Waals surface area (Å²) in [5, 5.41) is -0.0533. The highest BCUT2D eigenvalue weighted by atomic mass is 32.2. The van der Waals surface area contributed by atoms with E-state index in [9.17, 15) is 21.6 Å². The summed E-state index contributed by atoms with van der Waals surface area (Å²) in [7, 11) is -9.66. The zero-order valence-electron chi connectivity index (χ0n) is 23.3. The molecule has 2 aromatic carbocycles. The second kappa shape index (κ2) is 13.4. The van der Waals surface area contributed by atoms with E-state index in [1.807, 2.05) is 0 Å². The SMILES string of the molecule is CCOC(=O)C(CCC(CS(=O)(=O)c1ccccc1)CS(=O)(=O)c1ccccc1)CO[Si](C)(C)C(C)(C)C. The van der Waals surface area contributed by atoms with E-state index < -0.39 is 45.8 Å². The third kappa shape index (κ3) is 9.32. The predicted molar refractivity (Wildman–Crippen MR) is 153 cm³/mol. The first kappa shape index (κ1) is 32.2. The Balaban J connectivity index is 2.30. The molecule has 1 unspecified atom stereocenters. The number of hydrogen-bond acceptors (Lipinski definition) is 7. The predicted octanol–water partition coefficient (Wildman–Crippen LogP) is 5.53. The summed E-state index contributed by atoms with van der Waals surface area (Å²) in [4.78, 5) is 13.1. The lowest BCUT2D eigenvalue weighted by molar-refractivity contribution is -0.149. The normalized spacial score (nSPS) is 13.9. The molecule has 10 heteroatoms. The molecule has 0 aliphatic carbocycles. The van der Waals surface area contributed by atoms with Gasteiger partial charge in [-0.25, -0.2) is 16.8 Å². The van der Waals surface area contributed by atoms with Crippen LogP contribution in [0.4, 0.5) is 0 Å². The fourth-order valence-corrected chi connectivity index (χ4v) is 8.31. The average Bonchev–Trinajstić information content (AvgIpc) is 2.84. The van der Waals surface area contributed by atoms with Crippen LogP contribution in [0, 0.1) is 11.8 Å². The number of carbonyl (C=O) groups excluding carboxylic acids is 1. The van der Waals surface area contributed by atoms with Gasteiger partial charge in [-0.05, 0) is 68.1 Å². The summed E-state index contributed by atoms with van der Waals surface area (Å²) in [6.07, 6.45) is 0.467. The molecule has 0 heterocycles. The summed E-state index contributed by atoms with van der Waals surface area (Å²) in [5.74, 6) is -2.45. The number of sulfone groups is 2. The topological polar surface area (TPSA) is 104 Å². The van der Waals surface area contributed by atoms with Gasteiger partial charge in [-0.3, -0.25) is 4.79 Å². The zero-order chi connectivity index (χ0) is 28.6. The molecule has 2 aromatic rings. The Bertz CT molecular complexity index is 1170. The highest BCUT2D eigenvalue weighted by Crippen LogP contribution is 2.37. The average molecular weight is 583 g/mol. The molecule has 0 aromatic heterocycles. The number of esters is 1. The molecule has 0 N–H and O–H groups in total.